The Kier molecular flexibility index (Phi) is 5.41. The smallest absolute Gasteiger partial charge is 0.325 e. The van der Waals surface area contributed by atoms with Crippen molar-refractivity contribution in [3.05, 3.63) is 77.1 Å². The number of nitrogens with zero attached hydrogens (tertiary/aromatic N) is 3. The molecule has 0 spiro atoms. The third-order valence-electron chi connectivity index (χ3n) is 4.85. The van der Waals surface area contributed by atoms with E-state index in [1.807, 2.05) is 48.5 Å². The highest BCUT2D eigenvalue weighted by atomic mass is 32.2. The molecule has 0 saturated heterocycles. The molecule has 1 N–H and O–H groups in total. The number of H-pyrrole nitrogens is 1. The number of hydrogen-bond acceptors (Lipinski definition) is 5. The molecule has 0 bridgehead atoms. The van der Waals surface area contributed by atoms with Crippen molar-refractivity contribution >= 4 is 23.4 Å². The molecule has 1 amide bonds. The second kappa shape index (κ2) is 8.16. The number of thioether (sulfide) groups is 1. The molecule has 7 nitrogen and oxygen atoms in total. The molecule has 2 aromatic carbocycles. The highest BCUT2D eigenvalue weighted by Gasteiger charge is 2.45. The van der Waals surface area contributed by atoms with Crippen LogP contribution in [-0.2, 0) is 4.79 Å². The molecule has 0 unspecified atom stereocenters. The summed E-state index contributed by atoms with van der Waals surface area (Å²) in [6.07, 6.45) is 1.07. The Hall–Kier alpha value is -3.39. The van der Waals surface area contributed by atoms with Gasteiger partial charge in [0.25, 0.3) is 6.17 Å². The lowest BCUT2D eigenvalue weighted by Gasteiger charge is -2.31. The summed E-state index contributed by atoms with van der Waals surface area (Å²) in [7, 11) is 1.58. The van der Waals surface area contributed by atoms with Crippen LogP contribution < -0.4 is 19.9 Å². The lowest BCUT2D eigenvalue weighted by Crippen LogP contribution is -2.60. The molecular weight excluding hydrogens is 400 g/mol. The van der Waals surface area contributed by atoms with Crippen molar-refractivity contribution in [2.24, 2.45) is 0 Å². The van der Waals surface area contributed by atoms with Crippen LogP contribution in [-0.4, -0.2) is 28.9 Å². The van der Waals surface area contributed by atoms with Gasteiger partial charge in [0.2, 0.25) is 11.1 Å². The summed E-state index contributed by atoms with van der Waals surface area (Å²) in [6, 6.07) is 14.8. The van der Waals surface area contributed by atoms with Gasteiger partial charge in [0.1, 0.15) is 5.75 Å². The van der Waals surface area contributed by atoms with Crippen LogP contribution in [0.5, 0.6) is 5.75 Å². The molecule has 2 heterocycles. The van der Waals surface area contributed by atoms with Crippen molar-refractivity contribution in [1.82, 2.24) is 10.1 Å². The van der Waals surface area contributed by atoms with Crippen molar-refractivity contribution in [1.29, 1.82) is 0 Å². The maximum absolute atomic E-state index is 13.1. The Morgan fingerprint density at radius 3 is 2.77 bits per heavy atom. The van der Waals surface area contributed by atoms with Gasteiger partial charge in [0.15, 0.2) is 0 Å². The fraction of sp³-hybridized carbons (Fsp3) is 0.182. The molecule has 3 aromatic rings. The summed E-state index contributed by atoms with van der Waals surface area (Å²) < 4.78 is 7.19. The first-order valence-corrected chi connectivity index (χ1v) is 10.4. The van der Waals surface area contributed by atoms with Crippen LogP contribution >= 0.6 is 11.8 Å². The SMILES string of the molecule is C=CCSc1n[n+]2c(c(=O)[nH]1)-c1ccccc1N(C(C)=O)[C@H]2c1ccccc1OC. The Balaban J connectivity index is 2.06. The van der Waals surface area contributed by atoms with E-state index in [1.165, 1.54) is 18.7 Å². The van der Waals surface area contributed by atoms with Crippen molar-refractivity contribution in [2.75, 3.05) is 17.8 Å². The van der Waals surface area contributed by atoms with Crippen LogP contribution in [0.25, 0.3) is 11.3 Å². The van der Waals surface area contributed by atoms with E-state index in [0.29, 0.717) is 33.6 Å². The number of amides is 1. The molecule has 8 heteroatoms. The molecule has 1 aliphatic heterocycles. The maximum Gasteiger partial charge on any atom is 0.325 e. The third-order valence-corrected chi connectivity index (χ3v) is 5.71. The molecule has 1 atom stereocenters. The lowest BCUT2D eigenvalue weighted by molar-refractivity contribution is -0.763. The zero-order valence-electron chi connectivity index (χ0n) is 16.7. The van der Waals surface area contributed by atoms with Crippen LogP contribution in [0.1, 0.15) is 18.7 Å². The summed E-state index contributed by atoms with van der Waals surface area (Å²) in [4.78, 5) is 30.5. The van der Waals surface area contributed by atoms with E-state index >= 15 is 0 Å². The highest BCUT2D eigenvalue weighted by molar-refractivity contribution is 7.99. The van der Waals surface area contributed by atoms with Gasteiger partial charge in [-0.2, -0.15) is 0 Å². The van der Waals surface area contributed by atoms with Gasteiger partial charge in [-0.3, -0.25) is 14.6 Å². The standard InChI is InChI=1S/C22H20N4O3S/c1-4-13-30-22-23-20(28)19-15-9-5-7-11-17(15)25(14(2)27)21(26(19)24-22)16-10-6-8-12-18(16)29-3/h4-12,21H,1,13H2,2-3H3/p+1/t21-/m1/s1. The number of methoxy groups -OCH3 is 1. The number of para-hydroxylation sites is 2. The first kappa shape index (κ1) is 19.9. The quantitative estimate of drug-likeness (QED) is 0.389. The third kappa shape index (κ3) is 3.29. The minimum atomic E-state index is -0.672. The fourth-order valence-corrected chi connectivity index (χ4v) is 4.26. The summed E-state index contributed by atoms with van der Waals surface area (Å²) in [5.41, 5.74) is 2.15. The molecule has 4 rings (SSSR count). The summed E-state index contributed by atoms with van der Waals surface area (Å²) in [6.45, 7) is 5.22. The number of hydrogen-bond donors (Lipinski definition) is 1. The van der Waals surface area contributed by atoms with E-state index in [9.17, 15) is 9.59 Å². The number of ether oxygens (including phenoxy) is 1. The molecule has 1 aromatic heterocycles. The second-order valence-corrected chi connectivity index (χ2v) is 7.68. The minimum absolute atomic E-state index is 0.168. The topological polar surface area (TPSA) is 79.2 Å². The van der Waals surface area contributed by atoms with Gasteiger partial charge in [-0.15, -0.1) is 6.58 Å². The van der Waals surface area contributed by atoms with Gasteiger partial charge >= 0.3 is 11.3 Å². The van der Waals surface area contributed by atoms with E-state index in [4.69, 9.17) is 9.84 Å². The number of nitrogens with one attached hydrogen (secondary N) is 1. The Morgan fingerprint density at radius 2 is 2.03 bits per heavy atom. The van der Waals surface area contributed by atoms with Gasteiger partial charge in [-0.1, -0.05) is 42.1 Å². The van der Waals surface area contributed by atoms with Crippen molar-refractivity contribution < 1.29 is 14.2 Å². The van der Waals surface area contributed by atoms with Crippen molar-refractivity contribution in [2.45, 2.75) is 18.2 Å². The zero-order chi connectivity index (χ0) is 21.3. The first-order valence-electron chi connectivity index (χ1n) is 9.38. The van der Waals surface area contributed by atoms with Gasteiger partial charge in [0.05, 0.1) is 23.9 Å². The molecule has 0 saturated carbocycles. The zero-order valence-corrected chi connectivity index (χ0v) is 17.5. The average molecular weight is 422 g/mol. The van der Waals surface area contributed by atoms with Gasteiger partial charge in [-0.05, 0) is 28.9 Å². The maximum atomic E-state index is 13.1. The van der Waals surface area contributed by atoms with E-state index in [-0.39, 0.29) is 11.5 Å². The molecule has 0 fully saturated rings. The van der Waals surface area contributed by atoms with Crippen LogP contribution in [0.2, 0.25) is 0 Å². The number of rotatable bonds is 5. The largest absolute Gasteiger partial charge is 0.496 e. The second-order valence-electron chi connectivity index (χ2n) is 6.67. The van der Waals surface area contributed by atoms with E-state index in [1.54, 1.807) is 22.8 Å². The molecular formula is C22H21N4O3S+. The van der Waals surface area contributed by atoms with Crippen LogP contribution in [0.3, 0.4) is 0 Å². The highest BCUT2D eigenvalue weighted by Crippen LogP contribution is 2.39. The summed E-state index contributed by atoms with van der Waals surface area (Å²) >= 11 is 1.37. The average Bonchev–Trinajstić information content (AvgIpc) is 2.76. The summed E-state index contributed by atoms with van der Waals surface area (Å²) in [5, 5.41) is 5.15. The van der Waals surface area contributed by atoms with Gasteiger partial charge in [0, 0.05) is 17.8 Å². The predicted octanol–water partition coefficient (Wildman–Crippen LogP) is 2.92. The number of aromatic amines is 1. The van der Waals surface area contributed by atoms with E-state index in [2.05, 4.69) is 11.6 Å². The first-order chi connectivity index (χ1) is 14.6. The van der Waals surface area contributed by atoms with Crippen LogP contribution in [0, 0.1) is 0 Å². The molecule has 1 aliphatic rings. The Morgan fingerprint density at radius 1 is 1.30 bits per heavy atom. The molecule has 0 aliphatic carbocycles. The van der Waals surface area contributed by atoms with Crippen molar-refractivity contribution in [3.8, 4) is 17.0 Å². The van der Waals surface area contributed by atoms with Crippen LogP contribution in [0.15, 0.2) is 71.1 Å². The predicted molar refractivity (Wildman–Crippen MR) is 116 cm³/mol. The molecule has 0 radical (unpaired) electrons. The van der Waals surface area contributed by atoms with E-state index < -0.39 is 6.17 Å². The number of anilines is 1. The van der Waals surface area contributed by atoms with Gasteiger partial charge < -0.3 is 4.74 Å². The number of fused-ring (bicyclic) bond motifs is 3. The Bertz CT molecular complexity index is 1190. The Labute approximate surface area is 178 Å². The number of carbonyl (C=O) groups is 1. The fourth-order valence-electron chi connectivity index (χ4n) is 3.68. The summed E-state index contributed by atoms with van der Waals surface area (Å²) in [5.74, 6) is 1.03. The lowest BCUT2D eigenvalue weighted by atomic mass is 10.0. The van der Waals surface area contributed by atoms with E-state index in [0.717, 1.165) is 5.56 Å². The monoisotopic (exact) mass is 421 g/mol. The molecule has 152 valence electrons. The van der Waals surface area contributed by atoms with Gasteiger partial charge in [-0.25, -0.2) is 4.90 Å². The van der Waals surface area contributed by atoms with Crippen molar-refractivity contribution in [3.63, 3.8) is 0 Å². The normalized spacial score (nSPS) is 14.6. The number of aromatic nitrogens is 3. The number of carbonyl (C=O) groups excluding carboxylic acids is 1. The minimum Gasteiger partial charge on any atom is -0.496 e. The number of benzene rings is 2. The van der Waals surface area contributed by atoms with Crippen LogP contribution in [0.4, 0.5) is 5.69 Å². The molecule has 30 heavy (non-hydrogen) atoms.